The molecule has 1 aliphatic heterocycles. The first kappa shape index (κ1) is 15.6. The van der Waals surface area contributed by atoms with E-state index < -0.39 is 0 Å². The van der Waals surface area contributed by atoms with Crippen molar-refractivity contribution in [1.29, 1.82) is 0 Å². The van der Waals surface area contributed by atoms with E-state index in [1.54, 1.807) is 6.08 Å². The van der Waals surface area contributed by atoms with Crippen LogP contribution >= 0.6 is 0 Å². The quantitative estimate of drug-likeness (QED) is 0.623. The smallest absolute Gasteiger partial charge is 0.331 e. The lowest BCUT2D eigenvalue weighted by molar-refractivity contribution is -0.160. The third-order valence-electron chi connectivity index (χ3n) is 8.27. The van der Waals surface area contributed by atoms with E-state index in [4.69, 9.17) is 4.74 Å². The largest absolute Gasteiger partial charge is 0.451 e. The van der Waals surface area contributed by atoms with Gasteiger partial charge in [-0.05, 0) is 79.9 Å². The number of allylic oxidation sites excluding steroid dienone is 2. The number of ether oxygens (including phenoxy) is 1. The van der Waals surface area contributed by atoms with E-state index in [1.165, 1.54) is 17.6 Å². The van der Waals surface area contributed by atoms with E-state index in [1.807, 2.05) is 6.08 Å². The predicted octanol–water partition coefficient (Wildman–Crippen LogP) is 4.15. The van der Waals surface area contributed by atoms with Crippen molar-refractivity contribution in [1.82, 2.24) is 0 Å². The van der Waals surface area contributed by atoms with Crippen LogP contribution in [-0.4, -0.2) is 17.4 Å². The fourth-order valence-corrected chi connectivity index (χ4v) is 7.05. The summed E-state index contributed by atoms with van der Waals surface area (Å²) in [6.45, 7) is 6.69. The number of hydrogen-bond acceptors (Lipinski definition) is 3. The zero-order valence-corrected chi connectivity index (χ0v) is 14.9. The van der Waals surface area contributed by atoms with E-state index in [9.17, 15) is 9.59 Å². The average molecular weight is 338 g/mol. The molecule has 3 fully saturated rings. The molecule has 5 aliphatic rings. The highest BCUT2D eigenvalue weighted by molar-refractivity contribution is 5.92. The Morgan fingerprint density at radius 1 is 1.16 bits per heavy atom. The molecule has 0 aromatic rings. The second kappa shape index (κ2) is 4.96. The van der Waals surface area contributed by atoms with Crippen molar-refractivity contribution in [2.75, 3.05) is 0 Å². The van der Waals surface area contributed by atoms with E-state index >= 15 is 0 Å². The Kier molecular flexibility index (Phi) is 3.09. The molecule has 0 amide bonds. The van der Waals surface area contributed by atoms with Crippen molar-refractivity contribution in [3.63, 3.8) is 0 Å². The van der Waals surface area contributed by atoms with Gasteiger partial charge in [0, 0.05) is 17.9 Å². The number of carbonyl (C=O) groups excluding carboxylic acids is 2. The van der Waals surface area contributed by atoms with Crippen LogP contribution in [0.15, 0.2) is 36.0 Å². The molecular weight excluding hydrogens is 312 g/mol. The van der Waals surface area contributed by atoms with Crippen LogP contribution in [0.4, 0.5) is 0 Å². The molecule has 5 rings (SSSR count). The zero-order chi connectivity index (χ0) is 17.4. The Bertz CT molecular complexity index is 744. The predicted molar refractivity (Wildman–Crippen MR) is 94.6 cm³/mol. The fourth-order valence-electron chi connectivity index (χ4n) is 7.05. The van der Waals surface area contributed by atoms with Gasteiger partial charge in [0.15, 0.2) is 5.78 Å². The molecule has 6 atom stereocenters. The van der Waals surface area contributed by atoms with E-state index in [-0.39, 0.29) is 22.8 Å². The van der Waals surface area contributed by atoms with Crippen LogP contribution in [0.3, 0.4) is 0 Å². The molecule has 4 aliphatic carbocycles. The van der Waals surface area contributed by atoms with Gasteiger partial charge >= 0.3 is 5.97 Å². The number of hydrogen-bond donors (Lipinski definition) is 0. The topological polar surface area (TPSA) is 43.4 Å². The summed E-state index contributed by atoms with van der Waals surface area (Å²) >= 11 is 0. The second-order valence-electron chi connectivity index (χ2n) is 9.09. The van der Waals surface area contributed by atoms with Crippen molar-refractivity contribution in [3.8, 4) is 0 Å². The van der Waals surface area contributed by atoms with Crippen molar-refractivity contribution >= 4 is 11.8 Å². The summed E-state index contributed by atoms with van der Waals surface area (Å²) in [6.07, 6.45) is 12.6. The summed E-state index contributed by atoms with van der Waals surface area (Å²) in [7, 11) is 0. The van der Waals surface area contributed by atoms with E-state index in [2.05, 4.69) is 19.6 Å². The van der Waals surface area contributed by atoms with Crippen LogP contribution in [-0.2, 0) is 14.3 Å². The highest BCUT2D eigenvalue weighted by Gasteiger charge is 2.65. The lowest BCUT2D eigenvalue weighted by atomic mass is 9.50. The lowest BCUT2D eigenvalue weighted by Gasteiger charge is -2.55. The Hall–Kier alpha value is -1.64. The highest BCUT2D eigenvalue weighted by atomic mass is 16.6. The summed E-state index contributed by atoms with van der Waals surface area (Å²) < 4.78 is 5.88. The average Bonchev–Trinajstić information content (AvgIpc) is 3.10. The molecule has 0 bridgehead atoms. The van der Waals surface area contributed by atoms with Gasteiger partial charge in [-0.3, -0.25) is 4.79 Å². The SMILES string of the molecule is C=C1CC2C(CC[C@@]3(C)C2CC[C@@]32C=CC(=O)O2)[C@H]2CCC(=O)C=C12. The Morgan fingerprint density at radius 2 is 2.00 bits per heavy atom. The second-order valence-corrected chi connectivity index (χ2v) is 9.09. The molecule has 0 N–H and O–H groups in total. The summed E-state index contributed by atoms with van der Waals surface area (Å²) in [5.41, 5.74) is 2.10. The summed E-state index contributed by atoms with van der Waals surface area (Å²) in [5.74, 6) is 2.49. The van der Waals surface area contributed by atoms with E-state index in [0.717, 1.165) is 32.1 Å². The first-order chi connectivity index (χ1) is 11.9. The van der Waals surface area contributed by atoms with Crippen molar-refractivity contribution in [2.45, 2.75) is 57.5 Å². The maximum atomic E-state index is 11.9. The molecule has 3 nitrogen and oxygen atoms in total. The third kappa shape index (κ3) is 1.93. The Labute approximate surface area is 149 Å². The van der Waals surface area contributed by atoms with Crippen LogP contribution in [0, 0.1) is 29.1 Å². The number of fused-ring (bicyclic) bond motifs is 6. The van der Waals surface area contributed by atoms with Crippen LogP contribution in [0.25, 0.3) is 0 Å². The molecule has 3 unspecified atom stereocenters. The highest BCUT2D eigenvalue weighted by Crippen LogP contribution is 2.67. The fraction of sp³-hybridized carbons (Fsp3) is 0.636. The number of esters is 1. The lowest BCUT2D eigenvalue weighted by Crippen LogP contribution is -2.52. The molecule has 25 heavy (non-hydrogen) atoms. The minimum Gasteiger partial charge on any atom is -0.451 e. The van der Waals surface area contributed by atoms with Gasteiger partial charge in [-0.15, -0.1) is 0 Å². The molecule has 1 heterocycles. The van der Waals surface area contributed by atoms with Crippen LogP contribution in [0.5, 0.6) is 0 Å². The van der Waals surface area contributed by atoms with Gasteiger partial charge in [0.2, 0.25) is 0 Å². The van der Waals surface area contributed by atoms with Gasteiger partial charge < -0.3 is 4.74 Å². The Balaban J connectivity index is 1.50. The van der Waals surface area contributed by atoms with E-state index in [0.29, 0.717) is 30.1 Å². The third-order valence-corrected chi connectivity index (χ3v) is 8.27. The van der Waals surface area contributed by atoms with Crippen molar-refractivity contribution in [2.24, 2.45) is 29.1 Å². The first-order valence-corrected chi connectivity index (χ1v) is 9.78. The molecule has 3 heteroatoms. The first-order valence-electron chi connectivity index (χ1n) is 9.78. The number of rotatable bonds is 0. The van der Waals surface area contributed by atoms with Gasteiger partial charge in [-0.25, -0.2) is 4.79 Å². The zero-order valence-electron chi connectivity index (χ0n) is 14.9. The van der Waals surface area contributed by atoms with Crippen molar-refractivity contribution < 1.29 is 14.3 Å². The van der Waals surface area contributed by atoms with Gasteiger partial charge in [-0.2, -0.15) is 0 Å². The maximum absolute atomic E-state index is 11.9. The molecule has 132 valence electrons. The molecule has 3 saturated carbocycles. The van der Waals surface area contributed by atoms with Gasteiger partial charge in [0.05, 0.1) is 0 Å². The Morgan fingerprint density at radius 3 is 2.76 bits per heavy atom. The molecule has 1 spiro atoms. The molecular formula is C22H26O3. The van der Waals surface area contributed by atoms with Crippen molar-refractivity contribution in [3.05, 3.63) is 36.0 Å². The summed E-state index contributed by atoms with van der Waals surface area (Å²) in [4.78, 5) is 23.7. The minimum absolute atomic E-state index is 0.0445. The number of ketones is 1. The monoisotopic (exact) mass is 338 g/mol. The van der Waals surface area contributed by atoms with Gasteiger partial charge in [0.25, 0.3) is 0 Å². The minimum atomic E-state index is -0.375. The summed E-state index contributed by atoms with van der Waals surface area (Å²) in [6, 6.07) is 0. The molecule has 0 radical (unpaired) electrons. The summed E-state index contributed by atoms with van der Waals surface area (Å²) in [5, 5.41) is 0. The van der Waals surface area contributed by atoms with Gasteiger partial charge in [-0.1, -0.05) is 19.1 Å². The normalized spacial score (nSPS) is 48.0. The maximum Gasteiger partial charge on any atom is 0.331 e. The van der Waals surface area contributed by atoms with Crippen LogP contribution in [0.2, 0.25) is 0 Å². The van der Waals surface area contributed by atoms with Crippen LogP contribution in [0.1, 0.15) is 51.9 Å². The number of carbonyl (C=O) groups is 2. The van der Waals surface area contributed by atoms with Crippen LogP contribution < -0.4 is 0 Å². The molecule has 0 aromatic heterocycles. The van der Waals surface area contributed by atoms with Gasteiger partial charge in [0.1, 0.15) is 5.60 Å². The standard InChI is InChI=1S/C22H26O3/c1-13-11-18-16(15-4-3-14(23)12-17(13)15)5-8-21(2)19(18)6-9-22(21)10-7-20(24)25-22/h7,10,12,15-16,18-19H,1,3-6,8-9,11H2,2H3/t15-,16?,18?,19?,21+,22-/m1/s1. The molecule has 0 aromatic carbocycles. The molecule has 0 saturated heterocycles.